The van der Waals surface area contributed by atoms with Gasteiger partial charge in [0.25, 0.3) is 0 Å². The first-order valence-corrected chi connectivity index (χ1v) is 12.7. The first kappa shape index (κ1) is 21.6. The number of rotatable bonds is 3. The second kappa shape index (κ2) is 7.93. The van der Waals surface area contributed by atoms with Crippen LogP contribution in [0.3, 0.4) is 0 Å². The zero-order valence-electron chi connectivity index (χ0n) is 18.1. The average Bonchev–Trinajstić information content (AvgIpc) is 2.83. The molecule has 0 saturated carbocycles. The molecule has 164 valence electrons. The van der Waals surface area contributed by atoms with E-state index < -0.39 is 18.6 Å². The van der Waals surface area contributed by atoms with E-state index in [0.29, 0.717) is 0 Å². The van der Waals surface area contributed by atoms with Gasteiger partial charge >= 0.3 is 6.18 Å². The molecule has 0 N–H and O–H groups in total. The molecule has 0 radical (unpaired) electrons. The molecule has 0 aliphatic rings. The van der Waals surface area contributed by atoms with Crippen molar-refractivity contribution in [2.45, 2.75) is 13.1 Å². The molecule has 5 aromatic carbocycles. The molecule has 0 bridgehead atoms. The molecule has 33 heavy (non-hydrogen) atoms. The number of alkyl halides is 3. The van der Waals surface area contributed by atoms with Crippen LogP contribution < -0.4 is 15.9 Å². The zero-order valence-corrected chi connectivity index (χ0v) is 19.0. The Kier molecular flexibility index (Phi) is 5.18. The summed E-state index contributed by atoms with van der Waals surface area (Å²) in [6.45, 7) is -0.461. The van der Waals surface area contributed by atoms with E-state index in [1.807, 2.05) is 43.3 Å². The summed E-state index contributed by atoms with van der Waals surface area (Å²) < 4.78 is 39.8. The van der Waals surface area contributed by atoms with Crippen molar-refractivity contribution in [3.63, 3.8) is 0 Å². The maximum absolute atomic E-state index is 13.3. The zero-order chi connectivity index (χ0) is 23.2. The van der Waals surface area contributed by atoms with Crippen molar-refractivity contribution in [3.05, 3.63) is 114 Å². The van der Waals surface area contributed by atoms with Crippen LogP contribution in [0.2, 0.25) is 0 Å². The van der Waals surface area contributed by atoms with Gasteiger partial charge in [-0.25, -0.2) is 0 Å². The second-order valence-corrected chi connectivity index (χ2v) is 11.5. The lowest BCUT2D eigenvalue weighted by atomic mass is 10.0. The fraction of sp³-hybridized carbons (Fsp3) is 0.0690. The third-order valence-electron chi connectivity index (χ3n) is 6.27. The summed E-state index contributed by atoms with van der Waals surface area (Å²) in [7, 11) is 0. The molecule has 1 unspecified atom stereocenters. The minimum Gasteiger partial charge on any atom is -0.166 e. The van der Waals surface area contributed by atoms with E-state index in [0.717, 1.165) is 43.0 Å². The Bertz CT molecular complexity index is 1510. The molecular formula is C29H22F3P. The van der Waals surface area contributed by atoms with Crippen molar-refractivity contribution in [3.8, 4) is 0 Å². The Morgan fingerprint density at radius 1 is 0.636 bits per heavy atom. The first-order chi connectivity index (χ1) is 15.8. The molecule has 1 atom stereocenters. The van der Waals surface area contributed by atoms with Crippen LogP contribution in [0, 0.1) is 6.92 Å². The van der Waals surface area contributed by atoms with E-state index in [4.69, 9.17) is 6.30 Å². The van der Waals surface area contributed by atoms with Crippen LogP contribution in [-0.4, -0.2) is 6.30 Å². The number of hydrogen-bond acceptors (Lipinski definition) is 0. The molecule has 0 aliphatic carbocycles. The van der Waals surface area contributed by atoms with Gasteiger partial charge in [-0.2, -0.15) is 13.2 Å². The molecule has 0 heterocycles. The summed E-state index contributed by atoms with van der Waals surface area (Å²) in [5, 5.41) is 7.38. The summed E-state index contributed by atoms with van der Waals surface area (Å²) in [6, 6.07) is 32.4. The van der Waals surface area contributed by atoms with Crippen LogP contribution in [0.1, 0.15) is 11.1 Å². The second-order valence-electron chi connectivity index (χ2n) is 8.35. The number of fused-ring (bicyclic) bond motifs is 3. The van der Waals surface area contributed by atoms with E-state index in [2.05, 4.69) is 42.5 Å². The number of aryl methyl sites for hydroxylation is 1. The summed E-state index contributed by atoms with van der Waals surface area (Å²) in [5.41, 5.74) is 0.478. The average molecular weight is 458 g/mol. The highest BCUT2D eigenvalue weighted by atomic mass is 31.2. The fourth-order valence-corrected chi connectivity index (χ4v) is 7.62. The molecule has 5 rings (SSSR count). The van der Waals surface area contributed by atoms with E-state index in [1.165, 1.54) is 12.1 Å². The number of halogens is 3. The van der Waals surface area contributed by atoms with Crippen molar-refractivity contribution in [1.82, 2.24) is 0 Å². The van der Waals surface area contributed by atoms with Gasteiger partial charge in [0.05, 0.1) is 5.56 Å². The minimum atomic E-state index is -4.37. The molecular weight excluding hydrogens is 436 g/mol. The summed E-state index contributed by atoms with van der Waals surface area (Å²) in [5.74, 6) is 0. The molecule has 0 saturated heterocycles. The van der Waals surface area contributed by atoms with Crippen molar-refractivity contribution in [2.24, 2.45) is 0 Å². The van der Waals surface area contributed by atoms with Crippen LogP contribution in [-0.2, 0) is 6.18 Å². The number of benzene rings is 5. The van der Waals surface area contributed by atoms with E-state index in [1.54, 1.807) is 12.1 Å². The molecule has 5 aromatic rings. The van der Waals surface area contributed by atoms with Gasteiger partial charge in [0.2, 0.25) is 0 Å². The van der Waals surface area contributed by atoms with E-state index in [-0.39, 0.29) is 0 Å². The van der Waals surface area contributed by atoms with Crippen LogP contribution in [0.4, 0.5) is 13.2 Å². The van der Waals surface area contributed by atoms with Crippen LogP contribution >= 0.6 is 6.89 Å². The third kappa shape index (κ3) is 3.67. The smallest absolute Gasteiger partial charge is 0.166 e. The van der Waals surface area contributed by atoms with E-state index >= 15 is 0 Å². The first-order valence-electron chi connectivity index (χ1n) is 10.7. The highest BCUT2D eigenvalue weighted by Crippen LogP contribution is 2.45. The van der Waals surface area contributed by atoms with Crippen molar-refractivity contribution in [2.75, 3.05) is 0 Å². The molecule has 4 heteroatoms. The molecule has 0 spiro atoms. The van der Waals surface area contributed by atoms with E-state index in [9.17, 15) is 13.2 Å². The molecule has 0 fully saturated rings. The highest BCUT2D eigenvalue weighted by Gasteiger charge is 2.31. The Labute approximate surface area is 191 Å². The predicted molar refractivity (Wildman–Crippen MR) is 137 cm³/mol. The quantitative estimate of drug-likeness (QED) is 0.201. The van der Waals surface area contributed by atoms with Crippen LogP contribution in [0.15, 0.2) is 103 Å². The lowest BCUT2D eigenvalue weighted by Gasteiger charge is -2.29. The Morgan fingerprint density at radius 3 is 1.76 bits per heavy atom. The number of hydrogen-bond donors (Lipinski definition) is 0. The maximum atomic E-state index is 13.3. The van der Waals surface area contributed by atoms with Gasteiger partial charge in [-0.15, -0.1) is 0 Å². The van der Waals surface area contributed by atoms with Crippen molar-refractivity contribution in [1.29, 1.82) is 0 Å². The lowest BCUT2D eigenvalue weighted by molar-refractivity contribution is -0.137. The van der Waals surface area contributed by atoms with Gasteiger partial charge in [0.15, 0.2) is 0 Å². The molecule has 0 aliphatic heterocycles. The van der Waals surface area contributed by atoms with Gasteiger partial charge < -0.3 is 0 Å². The van der Waals surface area contributed by atoms with Crippen molar-refractivity contribution < 1.29 is 13.2 Å². The normalized spacial score (nSPS) is 13.8. The fourth-order valence-electron chi connectivity index (χ4n) is 4.48. The minimum absolute atomic E-state index is 0.648. The SMILES string of the molecule is C=P(c1ccc(C)cc1)(c1ccc(C(F)(F)F)cc1)c1cc2ccccc2c2ccccc12. The summed E-state index contributed by atoms with van der Waals surface area (Å²) in [4.78, 5) is 0. The van der Waals surface area contributed by atoms with Gasteiger partial charge in [0, 0.05) is 0 Å². The maximum Gasteiger partial charge on any atom is 0.416 e. The third-order valence-corrected chi connectivity index (χ3v) is 9.82. The molecule has 0 aromatic heterocycles. The molecule has 0 nitrogen and oxygen atoms in total. The summed E-state index contributed by atoms with van der Waals surface area (Å²) >= 11 is 0. The standard InChI is InChI=1S/C29H22F3P/c1-20-11-15-23(16-12-20)33(2,24-17-13-22(14-18-24)29(30,31)32)28-19-21-7-3-4-8-25(21)26-9-5-6-10-27(26)28/h3-19H,2H2,1H3. The molecule has 0 amide bonds. The topological polar surface area (TPSA) is 0 Å². The van der Waals surface area contributed by atoms with Gasteiger partial charge in [-0.1, -0.05) is 96.8 Å². The summed E-state index contributed by atoms with van der Waals surface area (Å²) in [6.07, 6.45) is 0.414. The monoisotopic (exact) mass is 458 g/mol. The van der Waals surface area contributed by atoms with Crippen LogP contribution in [0.5, 0.6) is 0 Å². The Hall–Kier alpha value is -3.29. The van der Waals surface area contributed by atoms with Gasteiger partial charge in [-0.05, 0) is 69.5 Å². The highest BCUT2D eigenvalue weighted by molar-refractivity contribution is 7.93. The Morgan fingerprint density at radius 2 is 1.15 bits per heavy atom. The van der Waals surface area contributed by atoms with Gasteiger partial charge in [0.1, 0.15) is 0 Å². The largest absolute Gasteiger partial charge is 0.416 e. The Balaban J connectivity index is 1.87. The predicted octanol–water partition coefficient (Wildman–Crippen LogP) is 7.05. The van der Waals surface area contributed by atoms with Gasteiger partial charge in [-0.3, -0.25) is 0 Å². The van der Waals surface area contributed by atoms with Crippen molar-refractivity contribution >= 4 is 50.6 Å². The van der Waals surface area contributed by atoms with Crippen LogP contribution in [0.25, 0.3) is 21.5 Å². The lowest BCUT2D eigenvalue weighted by Crippen LogP contribution is -2.26.